The second-order valence-corrected chi connectivity index (χ2v) is 4.75. The SMILES string of the molecule is CC(C)N(C)CCNc1cc(OC(F)F)c(F)cc1N. The van der Waals surface area contributed by atoms with Crippen LogP contribution in [-0.2, 0) is 0 Å². The number of hydrogen-bond donors (Lipinski definition) is 2. The van der Waals surface area contributed by atoms with Gasteiger partial charge in [-0.2, -0.15) is 8.78 Å². The zero-order valence-corrected chi connectivity index (χ0v) is 11.8. The number of anilines is 2. The standard InChI is InChI=1S/C13H20F3N3O/c1-8(2)19(3)5-4-18-11-7-12(20-13(15)16)9(14)6-10(11)17/h6-8,13,18H,4-5,17H2,1-3H3. The second kappa shape index (κ2) is 7.23. The number of nitrogen functional groups attached to an aromatic ring is 1. The fourth-order valence-corrected chi connectivity index (χ4v) is 1.53. The maximum Gasteiger partial charge on any atom is 0.387 e. The number of hydrogen-bond acceptors (Lipinski definition) is 4. The molecule has 4 nitrogen and oxygen atoms in total. The van der Waals surface area contributed by atoms with Gasteiger partial charge in [-0.15, -0.1) is 0 Å². The fraction of sp³-hybridized carbons (Fsp3) is 0.538. The van der Waals surface area contributed by atoms with Crippen molar-refractivity contribution in [3.63, 3.8) is 0 Å². The Morgan fingerprint density at radius 3 is 2.55 bits per heavy atom. The number of alkyl halides is 2. The maximum atomic E-state index is 13.4. The van der Waals surface area contributed by atoms with E-state index in [-0.39, 0.29) is 5.69 Å². The second-order valence-electron chi connectivity index (χ2n) is 4.75. The summed E-state index contributed by atoms with van der Waals surface area (Å²) in [6.07, 6.45) is 0. The first-order valence-electron chi connectivity index (χ1n) is 6.29. The number of nitrogens with one attached hydrogen (secondary N) is 1. The lowest BCUT2D eigenvalue weighted by molar-refractivity contribution is -0.0521. The van der Waals surface area contributed by atoms with E-state index >= 15 is 0 Å². The molecule has 0 atom stereocenters. The van der Waals surface area contributed by atoms with Crippen LogP contribution in [0.15, 0.2) is 12.1 Å². The summed E-state index contributed by atoms with van der Waals surface area (Å²) in [7, 11) is 1.96. The van der Waals surface area contributed by atoms with E-state index in [1.165, 1.54) is 0 Å². The predicted octanol–water partition coefficient (Wildman–Crippen LogP) is 2.76. The molecule has 0 saturated heterocycles. The Bertz CT molecular complexity index is 441. The highest BCUT2D eigenvalue weighted by Crippen LogP contribution is 2.29. The van der Waals surface area contributed by atoms with E-state index < -0.39 is 18.2 Å². The van der Waals surface area contributed by atoms with Crippen molar-refractivity contribution in [2.24, 2.45) is 0 Å². The van der Waals surface area contributed by atoms with Crippen LogP contribution in [-0.4, -0.2) is 37.7 Å². The number of likely N-dealkylation sites (N-methyl/N-ethyl adjacent to an activating group) is 1. The topological polar surface area (TPSA) is 50.5 Å². The Morgan fingerprint density at radius 2 is 2.00 bits per heavy atom. The summed E-state index contributed by atoms with van der Waals surface area (Å²) in [5.74, 6) is -1.43. The minimum absolute atomic E-state index is 0.149. The monoisotopic (exact) mass is 291 g/mol. The average molecular weight is 291 g/mol. The third-order valence-electron chi connectivity index (χ3n) is 2.98. The minimum atomic E-state index is -3.08. The first-order chi connectivity index (χ1) is 9.31. The van der Waals surface area contributed by atoms with Gasteiger partial charge >= 0.3 is 6.61 Å². The van der Waals surface area contributed by atoms with E-state index in [0.717, 1.165) is 18.7 Å². The summed E-state index contributed by atoms with van der Waals surface area (Å²) in [6, 6.07) is 2.50. The Labute approximate surface area is 116 Å². The Balaban J connectivity index is 2.69. The van der Waals surface area contributed by atoms with Crippen molar-refractivity contribution in [3.8, 4) is 5.75 Å². The molecule has 0 amide bonds. The molecule has 20 heavy (non-hydrogen) atoms. The van der Waals surface area contributed by atoms with Gasteiger partial charge in [0.25, 0.3) is 0 Å². The van der Waals surface area contributed by atoms with Crippen LogP contribution in [0.5, 0.6) is 5.75 Å². The summed E-state index contributed by atoms with van der Waals surface area (Å²) < 4.78 is 41.7. The molecule has 0 aliphatic carbocycles. The molecule has 1 aromatic carbocycles. The van der Waals surface area contributed by atoms with Crippen LogP contribution in [0.25, 0.3) is 0 Å². The van der Waals surface area contributed by atoms with Gasteiger partial charge in [-0.3, -0.25) is 0 Å². The molecule has 1 rings (SSSR count). The molecule has 0 aromatic heterocycles. The zero-order valence-electron chi connectivity index (χ0n) is 11.8. The van der Waals surface area contributed by atoms with Gasteiger partial charge < -0.3 is 20.7 Å². The van der Waals surface area contributed by atoms with Gasteiger partial charge in [-0.05, 0) is 20.9 Å². The summed E-state index contributed by atoms with van der Waals surface area (Å²) in [6.45, 7) is 2.33. The molecule has 0 saturated carbocycles. The zero-order chi connectivity index (χ0) is 15.3. The van der Waals surface area contributed by atoms with Crippen LogP contribution in [0.4, 0.5) is 24.5 Å². The van der Waals surface area contributed by atoms with Crippen molar-refractivity contribution in [1.29, 1.82) is 0 Å². The highest BCUT2D eigenvalue weighted by Gasteiger charge is 2.13. The van der Waals surface area contributed by atoms with E-state index in [1.54, 1.807) is 0 Å². The van der Waals surface area contributed by atoms with E-state index in [9.17, 15) is 13.2 Å². The molecule has 3 N–H and O–H groups in total. The van der Waals surface area contributed by atoms with Crippen molar-refractivity contribution in [3.05, 3.63) is 17.9 Å². The fourth-order valence-electron chi connectivity index (χ4n) is 1.53. The molecule has 114 valence electrons. The number of nitrogens with zero attached hydrogens (tertiary/aromatic N) is 1. The van der Waals surface area contributed by atoms with Crippen LogP contribution < -0.4 is 15.8 Å². The van der Waals surface area contributed by atoms with Crippen molar-refractivity contribution in [2.75, 3.05) is 31.2 Å². The summed E-state index contributed by atoms with van der Waals surface area (Å²) in [5.41, 5.74) is 6.16. The third kappa shape index (κ3) is 4.80. The molecule has 0 fully saturated rings. The minimum Gasteiger partial charge on any atom is -0.432 e. The number of ether oxygens (including phenoxy) is 1. The molecule has 1 aromatic rings. The quantitative estimate of drug-likeness (QED) is 0.758. The normalized spacial score (nSPS) is 11.4. The lowest BCUT2D eigenvalue weighted by Crippen LogP contribution is -2.31. The predicted molar refractivity (Wildman–Crippen MR) is 73.7 cm³/mol. The number of benzene rings is 1. The van der Waals surface area contributed by atoms with Crippen LogP contribution in [0.3, 0.4) is 0 Å². The Kier molecular flexibility index (Phi) is 5.94. The molecule has 0 bridgehead atoms. The van der Waals surface area contributed by atoms with Gasteiger partial charge in [0.2, 0.25) is 0 Å². The molecule has 0 radical (unpaired) electrons. The lowest BCUT2D eigenvalue weighted by Gasteiger charge is -2.21. The summed E-state index contributed by atoms with van der Waals surface area (Å²) >= 11 is 0. The number of rotatable bonds is 7. The highest BCUT2D eigenvalue weighted by molar-refractivity contribution is 5.68. The van der Waals surface area contributed by atoms with Crippen LogP contribution in [0.2, 0.25) is 0 Å². The molecule has 0 aliphatic rings. The van der Waals surface area contributed by atoms with Crippen LogP contribution in [0, 0.1) is 5.82 Å². The van der Waals surface area contributed by atoms with Crippen molar-refractivity contribution >= 4 is 11.4 Å². The van der Waals surface area contributed by atoms with E-state index in [4.69, 9.17) is 5.73 Å². The Morgan fingerprint density at radius 1 is 1.35 bits per heavy atom. The van der Waals surface area contributed by atoms with Gasteiger partial charge in [0.1, 0.15) is 0 Å². The molecular weight excluding hydrogens is 271 g/mol. The van der Waals surface area contributed by atoms with Crippen molar-refractivity contribution in [2.45, 2.75) is 26.5 Å². The molecular formula is C13H20F3N3O. The molecule has 0 heterocycles. The third-order valence-corrected chi connectivity index (χ3v) is 2.98. The molecule has 0 unspecified atom stereocenters. The molecule has 0 aliphatic heterocycles. The number of halogens is 3. The Hall–Kier alpha value is -1.63. The van der Waals surface area contributed by atoms with Crippen LogP contribution >= 0.6 is 0 Å². The summed E-state index contributed by atoms with van der Waals surface area (Å²) in [5, 5.41) is 2.98. The first kappa shape index (κ1) is 16.4. The summed E-state index contributed by atoms with van der Waals surface area (Å²) in [4.78, 5) is 2.10. The van der Waals surface area contributed by atoms with Crippen molar-refractivity contribution < 1.29 is 17.9 Å². The van der Waals surface area contributed by atoms with Gasteiger partial charge in [-0.1, -0.05) is 0 Å². The molecule has 7 heteroatoms. The number of nitrogens with two attached hydrogens (primary N) is 1. The molecule has 0 spiro atoms. The van der Waals surface area contributed by atoms with E-state index in [2.05, 4.69) is 28.8 Å². The van der Waals surface area contributed by atoms with Gasteiger partial charge in [0.15, 0.2) is 11.6 Å². The highest BCUT2D eigenvalue weighted by atomic mass is 19.3. The first-order valence-corrected chi connectivity index (χ1v) is 6.29. The average Bonchev–Trinajstić information content (AvgIpc) is 2.33. The smallest absolute Gasteiger partial charge is 0.387 e. The van der Waals surface area contributed by atoms with Gasteiger partial charge in [0.05, 0.1) is 11.4 Å². The van der Waals surface area contributed by atoms with Gasteiger partial charge in [-0.25, -0.2) is 4.39 Å². The van der Waals surface area contributed by atoms with E-state index in [0.29, 0.717) is 18.3 Å². The van der Waals surface area contributed by atoms with Gasteiger partial charge in [0, 0.05) is 31.3 Å². The van der Waals surface area contributed by atoms with E-state index in [1.807, 2.05) is 7.05 Å². The lowest BCUT2D eigenvalue weighted by atomic mass is 10.2. The van der Waals surface area contributed by atoms with Crippen LogP contribution in [0.1, 0.15) is 13.8 Å². The largest absolute Gasteiger partial charge is 0.432 e. The maximum absolute atomic E-state index is 13.4. The van der Waals surface area contributed by atoms with Crippen molar-refractivity contribution in [1.82, 2.24) is 4.90 Å².